The lowest BCUT2D eigenvalue weighted by Crippen LogP contribution is -2.13. The average Bonchev–Trinajstić information content (AvgIpc) is 2.81. The molecule has 0 fully saturated rings. The second-order valence-corrected chi connectivity index (χ2v) is 9.02. The van der Waals surface area contributed by atoms with Gasteiger partial charge in [-0.1, -0.05) is 67.2 Å². The third-order valence-corrected chi connectivity index (χ3v) is 6.16. The fourth-order valence-corrected chi connectivity index (χ4v) is 4.36. The normalized spacial score (nSPS) is 11.1. The van der Waals surface area contributed by atoms with E-state index in [4.69, 9.17) is 0 Å². The monoisotopic (exact) mass is 471 g/mol. The molecule has 0 heterocycles. The molecule has 0 spiro atoms. The lowest BCUT2D eigenvalue weighted by molar-refractivity contribution is 0.0697. The van der Waals surface area contributed by atoms with Gasteiger partial charge < -0.3 is 10.4 Å². The van der Waals surface area contributed by atoms with Gasteiger partial charge in [-0.25, -0.2) is 4.79 Å². The van der Waals surface area contributed by atoms with E-state index in [1.165, 1.54) is 18.2 Å². The summed E-state index contributed by atoms with van der Waals surface area (Å²) in [6.45, 7) is 3.90. The average molecular weight is 472 g/mol. The Bertz CT molecular complexity index is 1570. The van der Waals surface area contributed by atoms with Crippen molar-refractivity contribution < 1.29 is 22.9 Å². The van der Waals surface area contributed by atoms with Crippen molar-refractivity contribution in [3.8, 4) is 0 Å². The molecule has 170 valence electrons. The van der Waals surface area contributed by atoms with Gasteiger partial charge in [0.05, 0.1) is 5.56 Å². The van der Waals surface area contributed by atoms with Crippen LogP contribution in [0.15, 0.2) is 102 Å². The number of nitrogens with one attached hydrogen (secondary N) is 1. The number of hydrogen-bond donors (Lipinski definition) is 3. The highest BCUT2D eigenvalue weighted by atomic mass is 32.2. The molecule has 0 radical (unpaired) electrons. The summed E-state index contributed by atoms with van der Waals surface area (Å²) in [4.78, 5) is 11.0. The number of carboxylic acid groups (broad SMARTS) is 1. The molecule has 0 aliphatic heterocycles. The topological polar surface area (TPSA) is 104 Å². The van der Waals surface area contributed by atoms with Crippen LogP contribution in [0.2, 0.25) is 0 Å². The van der Waals surface area contributed by atoms with E-state index < -0.39 is 16.1 Å². The van der Waals surface area contributed by atoms with E-state index in [1.54, 1.807) is 30.3 Å². The predicted octanol–water partition coefficient (Wildman–Crippen LogP) is 4.03. The predicted molar refractivity (Wildman–Crippen MR) is 132 cm³/mol. The number of benzene rings is 4. The number of carbonyl (C=O) groups is 1. The van der Waals surface area contributed by atoms with Gasteiger partial charge in [0.25, 0.3) is 10.1 Å². The van der Waals surface area contributed by atoms with E-state index in [2.05, 4.69) is 11.9 Å². The summed E-state index contributed by atoms with van der Waals surface area (Å²) in [6.07, 6.45) is 0. The van der Waals surface area contributed by atoms with Crippen molar-refractivity contribution in [2.45, 2.75) is 4.90 Å². The molecule has 0 saturated carbocycles. The summed E-state index contributed by atoms with van der Waals surface area (Å²) < 4.78 is 34.0. The van der Waals surface area contributed by atoms with Crippen molar-refractivity contribution in [1.82, 2.24) is 0 Å². The Morgan fingerprint density at radius 2 is 1.44 bits per heavy atom. The molecule has 0 unspecified atom stereocenters. The molecule has 3 N–H and O–H groups in total. The molecular formula is C27H21NO5S. The van der Waals surface area contributed by atoms with Gasteiger partial charge in [0.2, 0.25) is 0 Å². The van der Waals surface area contributed by atoms with Gasteiger partial charge in [0.1, 0.15) is 4.90 Å². The molecule has 0 bridgehead atoms. The molecule has 6 nitrogen and oxygen atoms in total. The number of anilines is 2. The Morgan fingerprint density at radius 1 is 0.765 bits per heavy atom. The van der Waals surface area contributed by atoms with E-state index in [9.17, 15) is 22.9 Å². The van der Waals surface area contributed by atoms with Gasteiger partial charge in [-0.05, 0) is 58.0 Å². The van der Waals surface area contributed by atoms with Crippen LogP contribution in [0.3, 0.4) is 0 Å². The van der Waals surface area contributed by atoms with Gasteiger partial charge in [-0.2, -0.15) is 8.42 Å². The minimum atomic E-state index is -4.46. The first kappa shape index (κ1) is 23.0. The molecule has 7 heteroatoms. The van der Waals surface area contributed by atoms with Crippen molar-refractivity contribution >= 4 is 39.6 Å². The Kier molecular flexibility index (Phi) is 6.32. The van der Waals surface area contributed by atoms with Gasteiger partial charge in [0.15, 0.2) is 0 Å². The number of rotatable bonds is 6. The Hall–Kier alpha value is -4.20. The number of hydrogen-bond acceptors (Lipinski definition) is 4. The lowest BCUT2D eigenvalue weighted by atomic mass is 9.95. The van der Waals surface area contributed by atoms with E-state index in [0.29, 0.717) is 16.8 Å². The third kappa shape index (κ3) is 5.06. The van der Waals surface area contributed by atoms with Crippen LogP contribution < -0.4 is 15.8 Å². The molecule has 4 rings (SSSR count). The third-order valence-electron chi connectivity index (χ3n) is 5.25. The van der Waals surface area contributed by atoms with Gasteiger partial charge in [-0.3, -0.25) is 4.55 Å². The lowest BCUT2D eigenvalue weighted by Gasteiger charge is -2.14. The first-order chi connectivity index (χ1) is 16.2. The largest absolute Gasteiger partial charge is 0.478 e. The maximum Gasteiger partial charge on any atom is 0.335 e. The highest BCUT2D eigenvalue weighted by Crippen LogP contribution is 2.28. The molecule has 0 aliphatic carbocycles. The van der Waals surface area contributed by atoms with Crippen molar-refractivity contribution in [1.29, 1.82) is 0 Å². The Labute approximate surface area is 196 Å². The van der Waals surface area contributed by atoms with Crippen LogP contribution in [0, 0.1) is 0 Å². The van der Waals surface area contributed by atoms with Crippen LogP contribution in [0.25, 0.3) is 12.2 Å². The number of carboxylic acids is 1. The zero-order valence-corrected chi connectivity index (χ0v) is 18.8. The van der Waals surface area contributed by atoms with Crippen molar-refractivity contribution in [2.75, 3.05) is 5.32 Å². The minimum absolute atomic E-state index is 0.174. The van der Waals surface area contributed by atoms with Gasteiger partial charge in [0, 0.05) is 16.9 Å². The minimum Gasteiger partial charge on any atom is -0.478 e. The number of aromatic carboxylic acids is 1. The molecule has 0 atom stereocenters. The molecule has 4 aromatic carbocycles. The van der Waals surface area contributed by atoms with Crippen molar-refractivity contribution in [3.05, 3.63) is 124 Å². The molecular weight excluding hydrogens is 450 g/mol. The van der Waals surface area contributed by atoms with E-state index >= 15 is 0 Å². The zero-order chi connectivity index (χ0) is 24.3. The smallest absolute Gasteiger partial charge is 0.335 e. The summed E-state index contributed by atoms with van der Waals surface area (Å²) >= 11 is 0. The molecule has 34 heavy (non-hydrogen) atoms. The first-order valence-corrected chi connectivity index (χ1v) is 11.7. The molecule has 0 aromatic heterocycles. The van der Waals surface area contributed by atoms with Crippen LogP contribution in [0.1, 0.15) is 21.5 Å². The van der Waals surface area contributed by atoms with Crippen molar-refractivity contribution in [3.63, 3.8) is 0 Å². The van der Waals surface area contributed by atoms with Gasteiger partial charge in [-0.15, -0.1) is 0 Å². The molecule has 0 amide bonds. The van der Waals surface area contributed by atoms with Crippen LogP contribution in [0.4, 0.5) is 11.4 Å². The SMILES string of the molecule is C=c1ccc(=C(c2ccc(Nc3cccc(C(=O)O)c3)cc2)c2ccccc2S(=O)(=O)O)cc1. The molecule has 0 aliphatic rings. The van der Waals surface area contributed by atoms with Crippen LogP contribution in [-0.4, -0.2) is 24.0 Å². The summed E-state index contributed by atoms with van der Waals surface area (Å²) in [5, 5.41) is 13.9. The Balaban J connectivity index is 1.82. The summed E-state index contributed by atoms with van der Waals surface area (Å²) in [5.41, 5.74) is 3.26. The Morgan fingerprint density at radius 3 is 2.09 bits per heavy atom. The fourth-order valence-electron chi connectivity index (χ4n) is 3.66. The summed E-state index contributed by atoms with van der Waals surface area (Å²) in [5.74, 6) is -1.01. The maximum absolute atomic E-state index is 12.1. The van der Waals surface area contributed by atoms with E-state index in [1.807, 2.05) is 48.5 Å². The van der Waals surface area contributed by atoms with E-state index in [-0.39, 0.29) is 10.5 Å². The van der Waals surface area contributed by atoms with E-state index in [0.717, 1.165) is 21.7 Å². The van der Waals surface area contributed by atoms with Crippen molar-refractivity contribution in [2.24, 2.45) is 0 Å². The van der Waals surface area contributed by atoms with Crippen LogP contribution in [0.5, 0.6) is 0 Å². The highest BCUT2D eigenvalue weighted by Gasteiger charge is 2.19. The standard InChI is InChI=1S/C27H21NO5S/c1-18-9-11-19(12-10-18)26(24-7-2-3-8-25(24)34(31,32)33)20-13-15-22(16-14-20)28-23-6-4-5-21(17-23)27(29)30/h2-17,28H,1H2,(H,29,30)(H,31,32,33). The second-order valence-electron chi connectivity index (χ2n) is 7.63. The van der Waals surface area contributed by atoms with Crippen LogP contribution >= 0.6 is 0 Å². The highest BCUT2D eigenvalue weighted by molar-refractivity contribution is 7.86. The molecule has 4 aromatic rings. The summed E-state index contributed by atoms with van der Waals surface area (Å²) in [6, 6.07) is 27.4. The summed E-state index contributed by atoms with van der Waals surface area (Å²) in [7, 11) is -4.46. The molecule has 0 saturated heterocycles. The quantitative estimate of drug-likeness (QED) is 0.367. The first-order valence-electron chi connectivity index (χ1n) is 10.3. The fraction of sp³-hybridized carbons (Fsp3) is 0. The maximum atomic E-state index is 12.1. The zero-order valence-electron chi connectivity index (χ0n) is 18.0. The second kappa shape index (κ2) is 9.35. The van der Waals surface area contributed by atoms with Crippen LogP contribution in [-0.2, 0) is 10.1 Å². The van der Waals surface area contributed by atoms with Gasteiger partial charge >= 0.3 is 5.97 Å².